The fourth-order valence-corrected chi connectivity index (χ4v) is 5.55. The van der Waals surface area contributed by atoms with Gasteiger partial charge in [0.15, 0.2) is 21.2 Å². The summed E-state index contributed by atoms with van der Waals surface area (Å²) in [6.07, 6.45) is 3.53. The lowest BCUT2D eigenvalue weighted by atomic mass is 10.0. The highest BCUT2D eigenvalue weighted by atomic mass is 32.2. The van der Waals surface area contributed by atoms with E-state index in [0.717, 1.165) is 60.3 Å². The molecule has 2 fully saturated rings. The van der Waals surface area contributed by atoms with E-state index in [1.807, 2.05) is 18.2 Å². The summed E-state index contributed by atoms with van der Waals surface area (Å²) in [5, 5.41) is 18.8. The van der Waals surface area contributed by atoms with E-state index in [4.69, 9.17) is 0 Å². The van der Waals surface area contributed by atoms with Gasteiger partial charge in [0.2, 0.25) is 0 Å². The molecule has 7 heteroatoms. The smallest absolute Gasteiger partial charge is 0.190 e. The van der Waals surface area contributed by atoms with Crippen molar-refractivity contribution in [3.05, 3.63) is 46.9 Å². The van der Waals surface area contributed by atoms with Crippen molar-refractivity contribution < 1.29 is 13.1 Å². The SMILES string of the molecule is Cc1cc(-c2cc(S(=O)(=O)C3CC3)ccc2NC2CCNCC2)cc(C)[n+]1[O-]. The van der Waals surface area contributed by atoms with Gasteiger partial charge in [-0.1, -0.05) is 0 Å². The number of hydrogen-bond acceptors (Lipinski definition) is 5. The lowest BCUT2D eigenvalue weighted by Gasteiger charge is -2.26. The number of aryl methyl sites for hydroxylation is 2. The summed E-state index contributed by atoms with van der Waals surface area (Å²) in [5.41, 5.74) is 3.82. The number of sulfone groups is 1. The van der Waals surface area contributed by atoms with Crippen molar-refractivity contribution in [2.75, 3.05) is 18.4 Å². The molecule has 4 rings (SSSR count). The predicted octanol–water partition coefficient (Wildman–Crippen LogP) is 2.70. The summed E-state index contributed by atoms with van der Waals surface area (Å²) in [5.74, 6) is 0. The Balaban J connectivity index is 1.79. The van der Waals surface area contributed by atoms with Gasteiger partial charge in [-0.25, -0.2) is 8.42 Å². The number of benzene rings is 1. The molecule has 0 amide bonds. The molecule has 0 spiro atoms. The molecule has 2 aromatic rings. The van der Waals surface area contributed by atoms with Crippen LogP contribution >= 0.6 is 0 Å². The van der Waals surface area contributed by atoms with Crippen LogP contribution in [0.5, 0.6) is 0 Å². The van der Waals surface area contributed by atoms with Crippen LogP contribution in [0.3, 0.4) is 0 Å². The van der Waals surface area contributed by atoms with Crippen LogP contribution < -0.4 is 15.4 Å². The third-order valence-electron chi connectivity index (χ3n) is 5.66. The molecule has 2 N–H and O–H groups in total. The van der Waals surface area contributed by atoms with E-state index < -0.39 is 9.84 Å². The molecular formula is C21H27N3O3S. The van der Waals surface area contributed by atoms with Gasteiger partial charge < -0.3 is 15.8 Å². The molecule has 1 aromatic heterocycles. The van der Waals surface area contributed by atoms with Gasteiger partial charge in [0.05, 0.1) is 10.1 Å². The van der Waals surface area contributed by atoms with Gasteiger partial charge >= 0.3 is 0 Å². The zero-order chi connectivity index (χ0) is 19.9. The zero-order valence-corrected chi connectivity index (χ0v) is 17.2. The fraction of sp³-hybridized carbons (Fsp3) is 0.476. The van der Waals surface area contributed by atoms with E-state index in [1.165, 1.54) is 0 Å². The van der Waals surface area contributed by atoms with E-state index in [9.17, 15) is 13.6 Å². The van der Waals surface area contributed by atoms with E-state index in [1.54, 1.807) is 26.0 Å². The molecule has 0 unspecified atom stereocenters. The van der Waals surface area contributed by atoms with E-state index in [2.05, 4.69) is 10.6 Å². The van der Waals surface area contributed by atoms with Gasteiger partial charge in [-0.3, -0.25) is 0 Å². The van der Waals surface area contributed by atoms with E-state index >= 15 is 0 Å². The summed E-state index contributed by atoms with van der Waals surface area (Å²) < 4.78 is 26.5. The summed E-state index contributed by atoms with van der Waals surface area (Å²) in [6.45, 7) is 5.49. The highest BCUT2D eigenvalue weighted by Gasteiger charge is 2.37. The van der Waals surface area contributed by atoms with Crippen LogP contribution in [0.2, 0.25) is 0 Å². The molecule has 1 saturated heterocycles. The fourth-order valence-electron chi connectivity index (χ4n) is 3.86. The Labute approximate surface area is 166 Å². The van der Waals surface area contributed by atoms with Crippen LogP contribution in [0, 0.1) is 19.1 Å². The third kappa shape index (κ3) is 3.73. The minimum Gasteiger partial charge on any atom is -0.618 e. The molecule has 28 heavy (non-hydrogen) atoms. The predicted molar refractivity (Wildman–Crippen MR) is 110 cm³/mol. The van der Waals surface area contributed by atoms with Crippen molar-refractivity contribution in [2.45, 2.75) is 55.7 Å². The summed E-state index contributed by atoms with van der Waals surface area (Å²) in [7, 11) is -3.28. The normalized spacial score (nSPS) is 18.2. The number of anilines is 1. The molecule has 2 heterocycles. The number of hydrogen-bond donors (Lipinski definition) is 2. The van der Waals surface area contributed by atoms with Crippen molar-refractivity contribution in [1.82, 2.24) is 5.32 Å². The average Bonchev–Trinajstić information content (AvgIpc) is 3.52. The number of rotatable bonds is 5. The lowest BCUT2D eigenvalue weighted by molar-refractivity contribution is -0.619. The molecule has 1 saturated carbocycles. The maximum Gasteiger partial charge on any atom is 0.190 e. The van der Waals surface area contributed by atoms with Crippen LogP contribution in [-0.4, -0.2) is 32.8 Å². The molecule has 2 aliphatic rings. The molecular weight excluding hydrogens is 374 g/mol. The van der Waals surface area contributed by atoms with Gasteiger partial charge in [0.25, 0.3) is 0 Å². The van der Waals surface area contributed by atoms with Gasteiger partial charge in [-0.05, 0) is 62.5 Å². The minimum atomic E-state index is -3.28. The summed E-state index contributed by atoms with van der Waals surface area (Å²) >= 11 is 0. The Hall–Kier alpha value is -2.12. The van der Waals surface area contributed by atoms with E-state index in [-0.39, 0.29) is 5.25 Å². The summed E-state index contributed by atoms with van der Waals surface area (Å²) in [4.78, 5) is 0.370. The Morgan fingerprint density at radius 2 is 1.68 bits per heavy atom. The molecule has 1 aliphatic heterocycles. The molecule has 1 aromatic carbocycles. The van der Waals surface area contributed by atoms with Crippen molar-refractivity contribution in [2.24, 2.45) is 0 Å². The molecule has 1 aliphatic carbocycles. The van der Waals surface area contributed by atoms with Crippen molar-refractivity contribution in [3.63, 3.8) is 0 Å². The largest absolute Gasteiger partial charge is 0.618 e. The van der Waals surface area contributed by atoms with Gasteiger partial charge in [0, 0.05) is 43.3 Å². The Morgan fingerprint density at radius 1 is 1.04 bits per heavy atom. The van der Waals surface area contributed by atoms with E-state index in [0.29, 0.717) is 22.3 Å². The van der Waals surface area contributed by atoms with Crippen LogP contribution in [0.25, 0.3) is 11.1 Å². The molecule has 150 valence electrons. The van der Waals surface area contributed by atoms with Crippen LogP contribution in [0.15, 0.2) is 35.2 Å². The highest BCUT2D eigenvalue weighted by molar-refractivity contribution is 7.92. The molecule has 6 nitrogen and oxygen atoms in total. The average molecular weight is 402 g/mol. The topological polar surface area (TPSA) is 85.1 Å². The summed E-state index contributed by atoms with van der Waals surface area (Å²) in [6, 6.07) is 9.39. The first-order chi connectivity index (χ1) is 13.4. The van der Waals surface area contributed by atoms with Crippen LogP contribution in [0.1, 0.15) is 37.1 Å². The second kappa shape index (κ2) is 7.37. The number of pyridine rings is 1. The first-order valence-electron chi connectivity index (χ1n) is 9.92. The second-order valence-electron chi connectivity index (χ2n) is 7.94. The lowest BCUT2D eigenvalue weighted by Crippen LogP contribution is -2.35. The standard InChI is InChI=1S/C21H27N3O3S/c1-14-11-16(12-15(2)24(14)25)20-13-19(28(26,27)18-3-4-18)5-6-21(20)23-17-7-9-22-10-8-17/h5-6,11-13,17-18,22-23H,3-4,7-10H2,1-2H3. The molecule has 0 atom stereocenters. The number of aromatic nitrogens is 1. The second-order valence-corrected chi connectivity index (χ2v) is 10.2. The maximum absolute atomic E-state index is 12.8. The maximum atomic E-state index is 12.8. The zero-order valence-electron chi connectivity index (χ0n) is 16.4. The highest BCUT2D eigenvalue weighted by Crippen LogP contribution is 2.37. The molecule has 0 bridgehead atoms. The van der Waals surface area contributed by atoms with Crippen LogP contribution in [0.4, 0.5) is 5.69 Å². The first kappa shape index (κ1) is 19.2. The minimum absolute atomic E-state index is 0.244. The number of nitrogens with one attached hydrogen (secondary N) is 2. The van der Waals surface area contributed by atoms with Crippen LogP contribution in [-0.2, 0) is 9.84 Å². The van der Waals surface area contributed by atoms with Crippen molar-refractivity contribution in [1.29, 1.82) is 0 Å². The quantitative estimate of drug-likeness (QED) is 0.594. The van der Waals surface area contributed by atoms with Gasteiger partial charge in [-0.2, -0.15) is 4.73 Å². The third-order valence-corrected chi connectivity index (χ3v) is 7.92. The molecule has 0 radical (unpaired) electrons. The Morgan fingerprint density at radius 3 is 2.29 bits per heavy atom. The number of piperidine rings is 1. The Kier molecular flexibility index (Phi) is 5.05. The number of nitrogens with zero attached hydrogens (tertiary/aromatic N) is 1. The van der Waals surface area contributed by atoms with Crippen molar-refractivity contribution >= 4 is 15.5 Å². The van der Waals surface area contributed by atoms with Gasteiger partial charge in [-0.15, -0.1) is 0 Å². The first-order valence-corrected chi connectivity index (χ1v) is 11.5. The van der Waals surface area contributed by atoms with Gasteiger partial charge in [0.1, 0.15) is 0 Å². The Bertz CT molecular complexity index is 971. The monoisotopic (exact) mass is 401 g/mol. The van der Waals surface area contributed by atoms with Crippen molar-refractivity contribution in [3.8, 4) is 11.1 Å².